The molecule has 1 saturated carbocycles. The fraction of sp³-hybridized carbons (Fsp3) is 0.500. The lowest BCUT2D eigenvalue weighted by atomic mass is 10.0. The first-order valence-electron chi connectivity index (χ1n) is 6.86. The summed E-state index contributed by atoms with van der Waals surface area (Å²) < 4.78 is 27.3. The summed E-state index contributed by atoms with van der Waals surface area (Å²) in [5.74, 6) is -0.910. The fourth-order valence-electron chi connectivity index (χ4n) is 2.70. The molecule has 0 spiro atoms. The van der Waals surface area contributed by atoms with Crippen LogP contribution < -0.4 is 4.72 Å². The van der Waals surface area contributed by atoms with E-state index in [1.54, 1.807) is 0 Å². The molecule has 0 bridgehead atoms. The van der Waals surface area contributed by atoms with Gasteiger partial charge in [0.15, 0.2) is 0 Å². The predicted octanol–water partition coefficient (Wildman–Crippen LogP) is 2.90. The molecule has 1 aromatic rings. The van der Waals surface area contributed by atoms with Crippen molar-refractivity contribution in [2.45, 2.75) is 43.5 Å². The molecule has 7 heteroatoms. The Morgan fingerprint density at radius 3 is 2.57 bits per heavy atom. The smallest absolute Gasteiger partial charge is 0.337 e. The summed E-state index contributed by atoms with van der Waals surface area (Å²) in [6.07, 6.45) is 4.29. The maximum atomic E-state index is 12.3. The maximum absolute atomic E-state index is 12.3. The first kappa shape index (κ1) is 16.3. The number of halogens is 1. The molecule has 116 valence electrons. The lowest BCUT2D eigenvalue weighted by Crippen LogP contribution is -2.37. The quantitative estimate of drug-likeness (QED) is 0.869. The highest BCUT2D eigenvalue weighted by Crippen LogP contribution is 2.28. The minimum absolute atomic E-state index is 0.0188. The number of aromatic carboxylic acids is 1. The molecule has 2 rings (SSSR count). The van der Waals surface area contributed by atoms with E-state index in [-0.39, 0.29) is 21.5 Å². The fourth-order valence-corrected chi connectivity index (χ4v) is 4.24. The van der Waals surface area contributed by atoms with E-state index in [9.17, 15) is 13.2 Å². The van der Waals surface area contributed by atoms with Crippen LogP contribution in [0, 0.1) is 5.92 Å². The number of hydrogen-bond donors (Lipinski definition) is 2. The molecule has 0 heterocycles. The minimum atomic E-state index is -3.74. The third-order valence-corrected chi connectivity index (χ3v) is 5.81. The number of benzene rings is 1. The zero-order valence-corrected chi connectivity index (χ0v) is 13.2. The molecule has 1 atom stereocenters. The van der Waals surface area contributed by atoms with Gasteiger partial charge in [0, 0.05) is 6.04 Å². The van der Waals surface area contributed by atoms with Crippen LogP contribution in [0.25, 0.3) is 0 Å². The Balaban J connectivity index is 2.23. The van der Waals surface area contributed by atoms with Gasteiger partial charge in [-0.2, -0.15) is 0 Å². The Morgan fingerprint density at radius 1 is 1.38 bits per heavy atom. The van der Waals surface area contributed by atoms with Gasteiger partial charge >= 0.3 is 5.97 Å². The van der Waals surface area contributed by atoms with Gasteiger partial charge in [-0.25, -0.2) is 17.9 Å². The summed E-state index contributed by atoms with van der Waals surface area (Å²) in [6.45, 7) is 1.85. The van der Waals surface area contributed by atoms with E-state index in [0.717, 1.165) is 31.7 Å². The van der Waals surface area contributed by atoms with Crippen LogP contribution in [0.1, 0.15) is 43.0 Å². The van der Waals surface area contributed by atoms with E-state index in [1.165, 1.54) is 12.1 Å². The highest BCUT2D eigenvalue weighted by Gasteiger charge is 2.26. The van der Waals surface area contributed by atoms with Crippen LogP contribution in [0.3, 0.4) is 0 Å². The van der Waals surface area contributed by atoms with Gasteiger partial charge in [0.1, 0.15) is 0 Å². The lowest BCUT2D eigenvalue weighted by molar-refractivity contribution is 0.0697. The highest BCUT2D eigenvalue weighted by atomic mass is 35.5. The van der Waals surface area contributed by atoms with Gasteiger partial charge in [0.05, 0.1) is 15.5 Å². The van der Waals surface area contributed by atoms with E-state index in [0.29, 0.717) is 5.92 Å². The molecule has 1 aromatic carbocycles. The highest BCUT2D eigenvalue weighted by molar-refractivity contribution is 7.89. The van der Waals surface area contributed by atoms with Crippen molar-refractivity contribution in [3.8, 4) is 0 Å². The van der Waals surface area contributed by atoms with E-state index in [4.69, 9.17) is 16.7 Å². The molecular formula is C14H18ClNO4S. The van der Waals surface area contributed by atoms with Crippen LogP contribution in [0.15, 0.2) is 23.1 Å². The molecule has 0 amide bonds. The van der Waals surface area contributed by atoms with Crippen molar-refractivity contribution in [1.29, 1.82) is 0 Å². The van der Waals surface area contributed by atoms with Gasteiger partial charge in [-0.1, -0.05) is 24.4 Å². The van der Waals surface area contributed by atoms with Crippen LogP contribution in [-0.2, 0) is 10.0 Å². The van der Waals surface area contributed by atoms with E-state index < -0.39 is 16.0 Å². The Hall–Kier alpha value is -1.11. The van der Waals surface area contributed by atoms with Crippen LogP contribution in [0.2, 0.25) is 5.02 Å². The van der Waals surface area contributed by atoms with Crippen molar-refractivity contribution in [1.82, 2.24) is 4.72 Å². The Kier molecular flexibility index (Phi) is 4.91. The molecule has 0 aromatic heterocycles. The van der Waals surface area contributed by atoms with Gasteiger partial charge in [-0.05, 0) is 43.9 Å². The van der Waals surface area contributed by atoms with Crippen molar-refractivity contribution in [2.75, 3.05) is 0 Å². The van der Waals surface area contributed by atoms with Crippen LogP contribution in [0.4, 0.5) is 0 Å². The monoisotopic (exact) mass is 331 g/mol. The second-order valence-corrected chi connectivity index (χ2v) is 7.52. The summed E-state index contributed by atoms with van der Waals surface area (Å²) in [5.41, 5.74) is -0.215. The number of carboxylic acid groups (broad SMARTS) is 1. The summed E-state index contributed by atoms with van der Waals surface area (Å²) in [4.78, 5) is 11.0. The molecule has 1 aliphatic carbocycles. The number of carbonyl (C=O) groups is 1. The number of sulfonamides is 1. The van der Waals surface area contributed by atoms with E-state index in [1.807, 2.05) is 6.92 Å². The zero-order valence-electron chi connectivity index (χ0n) is 11.7. The van der Waals surface area contributed by atoms with Crippen LogP contribution in [-0.4, -0.2) is 25.5 Å². The van der Waals surface area contributed by atoms with Crippen molar-refractivity contribution in [3.05, 3.63) is 28.8 Å². The second-order valence-electron chi connectivity index (χ2n) is 5.40. The Morgan fingerprint density at radius 2 is 2.00 bits per heavy atom. The SMILES string of the molecule is C[C@@H](NS(=O)(=O)c1ccc(Cl)c(C(=O)O)c1)C1CCCC1. The van der Waals surface area contributed by atoms with Gasteiger partial charge in [0.2, 0.25) is 10.0 Å². The number of rotatable bonds is 5. The standard InChI is InChI=1S/C14H18ClNO4S/c1-9(10-4-2-3-5-10)16-21(19,20)11-6-7-13(15)12(8-11)14(17)18/h6-10,16H,2-5H2,1H3,(H,17,18)/t9-/m1/s1. The second kappa shape index (κ2) is 6.34. The number of nitrogens with one attached hydrogen (secondary N) is 1. The molecule has 21 heavy (non-hydrogen) atoms. The molecule has 1 fully saturated rings. The van der Waals surface area contributed by atoms with Gasteiger partial charge in [0.25, 0.3) is 0 Å². The van der Waals surface area contributed by atoms with Crippen LogP contribution in [0.5, 0.6) is 0 Å². The third kappa shape index (κ3) is 3.75. The van der Waals surface area contributed by atoms with Gasteiger partial charge in [-0.15, -0.1) is 0 Å². The first-order valence-corrected chi connectivity index (χ1v) is 8.72. The molecule has 5 nitrogen and oxygen atoms in total. The normalized spacial score (nSPS) is 17.8. The van der Waals surface area contributed by atoms with E-state index in [2.05, 4.69) is 4.72 Å². The maximum Gasteiger partial charge on any atom is 0.337 e. The first-order chi connectivity index (χ1) is 9.81. The molecule has 0 unspecified atom stereocenters. The Bertz CT molecular complexity index is 638. The molecular weight excluding hydrogens is 314 g/mol. The summed E-state index contributed by atoms with van der Waals surface area (Å²) >= 11 is 5.75. The Labute approximate surface area is 129 Å². The number of carboxylic acids is 1. The topological polar surface area (TPSA) is 83.5 Å². The summed E-state index contributed by atoms with van der Waals surface area (Å²) in [5, 5.41) is 9.03. The summed E-state index contributed by atoms with van der Waals surface area (Å²) in [6, 6.07) is 3.54. The van der Waals surface area contributed by atoms with Crippen molar-refractivity contribution in [2.24, 2.45) is 5.92 Å². The molecule has 0 radical (unpaired) electrons. The lowest BCUT2D eigenvalue weighted by Gasteiger charge is -2.20. The minimum Gasteiger partial charge on any atom is -0.478 e. The zero-order chi connectivity index (χ0) is 15.6. The average Bonchev–Trinajstić information content (AvgIpc) is 2.92. The molecule has 0 aliphatic heterocycles. The molecule has 2 N–H and O–H groups in total. The van der Waals surface area contributed by atoms with Gasteiger partial charge < -0.3 is 5.11 Å². The van der Waals surface area contributed by atoms with Crippen molar-refractivity contribution in [3.63, 3.8) is 0 Å². The average molecular weight is 332 g/mol. The van der Waals surface area contributed by atoms with Crippen molar-refractivity contribution >= 4 is 27.6 Å². The number of hydrogen-bond acceptors (Lipinski definition) is 3. The third-order valence-electron chi connectivity index (χ3n) is 3.93. The van der Waals surface area contributed by atoms with Crippen molar-refractivity contribution < 1.29 is 18.3 Å². The van der Waals surface area contributed by atoms with E-state index >= 15 is 0 Å². The predicted molar refractivity (Wildman–Crippen MR) is 80.2 cm³/mol. The van der Waals surface area contributed by atoms with Gasteiger partial charge in [-0.3, -0.25) is 0 Å². The summed E-state index contributed by atoms with van der Waals surface area (Å²) in [7, 11) is -3.74. The molecule has 0 saturated heterocycles. The molecule has 1 aliphatic rings. The van der Waals surface area contributed by atoms with Crippen LogP contribution >= 0.6 is 11.6 Å². The largest absolute Gasteiger partial charge is 0.478 e.